The standard InChI is InChI=1S/C18H18Cl2N2O4/c1-25-15-6-3-11(7-16(15)26-2)9-21-17(23)10-22-18(24)13-5-4-12(19)8-14(13)20/h3-8H,9-10H2,1-2H3,(H,21,23)(H,22,24). The van der Waals surface area contributed by atoms with E-state index in [-0.39, 0.29) is 29.6 Å². The Labute approximate surface area is 161 Å². The summed E-state index contributed by atoms with van der Waals surface area (Å²) in [7, 11) is 3.09. The zero-order valence-electron chi connectivity index (χ0n) is 14.3. The maximum absolute atomic E-state index is 12.1. The molecule has 8 heteroatoms. The average Bonchev–Trinajstić information content (AvgIpc) is 2.64. The number of methoxy groups -OCH3 is 2. The van der Waals surface area contributed by atoms with Gasteiger partial charge in [-0.1, -0.05) is 29.3 Å². The number of ether oxygens (including phenoxy) is 2. The summed E-state index contributed by atoms with van der Waals surface area (Å²) in [5.74, 6) is 0.394. The maximum atomic E-state index is 12.1. The number of carbonyl (C=O) groups excluding carboxylic acids is 2. The molecule has 0 spiro atoms. The van der Waals surface area contributed by atoms with Gasteiger partial charge >= 0.3 is 0 Å². The number of amides is 2. The molecule has 2 aromatic rings. The van der Waals surface area contributed by atoms with Crippen molar-refractivity contribution in [3.05, 3.63) is 57.6 Å². The van der Waals surface area contributed by atoms with E-state index in [2.05, 4.69) is 10.6 Å². The quantitative estimate of drug-likeness (QED) is 0.753. The van der Waals surface area contributed by atoms with Crippen LogP contribution in [-0.2, 0) is 11.3 Å². The van der Waals surface area contributed by atoms with Gasteiger partial charge in [0.25, 0.3) is 5.91 Å². The van der Waals surface area contributed by atoms with Gasteiger partial charge in [-0.3, -0.25) is 9.59 Å². The Hall–Kier alpha value is -2.44. The molecule has 138 valence electrons. The Balaban J connectivity index is 1.86. The van der Waals surface area contributed by atoms with Gasteiger partial charge in [-0.05, 0) is 35.9 Å². The monoisotopic (exact) mass is 396 g/mol. The zero-order chi connectivity index (χ0) is 19.1. The fraction of sp³-hybridized carbons (Fsp3) is 0.222. The van der Waals surface area contributed by atoms with Gasteiger partial charge in [-0.25, -0.2) is 0 Å². The molecule has 0 fully saturated rings. The molecule has 2 N–H and O–H groups in total. The third-order valence-corrected chi connectivity index (χ3v) is 4.07. The predicted molar refractivity (Wildman–Crippen MR) is 100 cm³/mol. The van der Waals surface area contributed by atoms with Crippen molar-refractivity contribution in [2.75, 3.05) is 20.8 Å². The van der Waals surface area contributed by atoms with Crippen molar-refractivity contribution < 1.29 is 19.1 Å². The third-order valence-electron chi connectivity index (χ3n) is 3.52. The maximum Gasteiger partial charge on any atom is 0.253 e. The van der Waals surface area contributed by atoms with Crippen molar-refractivity contribution in [2.45, 2.75) is 6.54 Å². The second-order valence-corrected chi connectivity index (χ2v) is 6.12. The summed E-state index contributed by atoms with van der Waals surface area (Å²) in [6, 6.07) is 9.86. The molecule has 0 aromatic heterocycles. The van der Waals surface area contributed by atoms with Crippen molar-refractivity contribution in [1.29, 1.82) is 0 Å². The van der Waals surface area contributed by atoms with Crippen LogP contribution in [0.15, 0.2) is 36.4 Å². The molecule has 26 heavy (non-hydrogen) atoms. The summed E-state index contributed by atoms with van der Waals surface area (Å²) in [6.07, 6.45) is 0. The Morgan fingerprint density at radius 1 is 0.962 bits per heavy atom. The van der Waals surface area contributed by atoms with Crippen LogP contribution in [0.1, 0.15) is 15.9 Å². The Kier molecular flexibility index (Phi) is 7.12. The molecule has 2 aromatic carbocycles. The molecule has 0 aliphatic rings. The summed E-state index contributed by atoms with van der Waals surface area (Å²) < 4.78 is 10.4. The lowest BCUT2D eigenvalue weighted by atomic mass is 10.2. The number of halogens is 2. The molecule has 0 aliphatic carbocycles. The second kappa shape index (κ2) is 9.31. The minimum atomic E-state index is -0.451. The molecule has 0 aliphatic heterocycles. The van der Waals surface area contributed by atoms with Crippen molar-refractivity contribution in [3.63, 3.8) is 0 Å². The van der Waals surface area contributed by atoms with Gasteiger partial charge < -0.3 is 20.1 Å². The van der Waals surface area contributed by atoms with Gasteiger partial charge in [0.05, 0.1) is 31.4 Å². The van der Waals surface area contributed by atoms with Gasteiger partial charge in [0.2, 0.25) is 5.91 Å². The first-order valence-corrected chi connectivity index (χ1v) is 8.41. The van der Waals surface area contributed by atoms with E-state index in [1.54, 1.807) is 25.3 Å². The van der Waals surface area contributed by atoms with Crippen LogP contribution >= 0.6 is 23.2 Å². The molecule has 0 bridgehead atoms. The van der Waals surface area contributed by atoms with Gasteiger partial charge in [-0.2, -0.15) is 0 Å². The molecule has 2 rings (SSSR count). The van der Waals surface area contributed by atoms with Gasteiger partial charge in [0.15, 0.2) is 11.5 Å². The third kappa shape index (κ3) is 5.28. The molecule has 0 saturated carbocycles. The van der Waals surface area contributed by atoms with E-state index in [9.17, 15) is 9.59 Å². The van der Waals surface area contributed by atoms with E-state index in [0.29, 0.717) is 16.5 Å². The minimum absolute atomic E-state index is 0.176. The van der Waals surface area contributed by atoms with Crippen molar-refractivity contribution in [1.82, 2.24) is 10.6 Å². The van der Waals surface area contributed by atoms with Gasteiger partial charge in [0.1, 0.15) is 0 Å². The van der Waals surface area contributed by atoms with E-state index in [1.165, 1.54) is 19.2 Å². The summed E-state index contributed by atoms with van der Waals surface area (Å²) in [4.78, 5) is 24.0. The molecule has 0 unspecified atom stereocenters. The number of hydrogen-bond acceptors (Lipinski definition) is 4. The highest BCUT2D eigenvalue weighted by atomic mass is 35.5. The van der Waals surface area contributed by atoms with Crippen LogP contribution in [0.5, 0.6) is 11.5 Å². The average molecular weight is 397 g/mol. The minimum Gasteiger partial charge on any atom is -0.493 e. The van der Waals surface area contributed by atoms with Crippen LogP contribution in [0.4, 0.5) is 0 Å². The van der Waals surface area contributed by atoms with E-state index >= 15 is 0 Å². The smallest absolute Gasteiger partial charge is 0.253 e. The molecule has 0 saturated heterocycles. The first-order valence-electron chi connectivity index (χ1n) is 7.65. The molecule has 6 nitrogen and oxygen atoms in total. The van der Waals surface area contributed by atoms with Crippen molar-refractivity contribution in [2.24, 2.45) is 0 Å². The number of nitrogens with one attached hydrogen (secondary N) is 2. The van der Waals surface area contributed by atoms with Gasteiger partial charge in [-0.15, -0.1) is 0 Å². The van der Waals surface area contributed by atoms with E-state index in [4.69, 9.17) is 32.7 Å². The Bertz CT molecular complexity index is 812. The van der Waals surface area contributed by atoms with Crippen molar-refractivity contribution >= 4 is 35.0 Å². The largest absolute Gasteiger partial charge is 0.493 e. The first-order chi connectivity index (χ1) is 12.4. The molecule has 2 amide bonds. The number of hydrogen-bond donors (Lipinski definition) is 2. The second-order valence-electron chi connectivity index (χ2n) is 5.27. The highest BCUT2D eigenvalue weighted by molar-refractivity contribution is 6.36. The van der Waals surface area contributed by atoms with Gasteiger partial charge in [0, 0.05) is 11.6 Å². The fourth-order valence-electron chi connectivity index (χ4n) is 2.18. The van der Waals surface area contributed by atoms with Crippen LogP contribution < -0.4 is 20.1 Å². The lowest BCUT2D eigenvalue weighted by Crippen LogP contribution is -2.36. The molecular weight excluding hydrogens is 379 g/mol. The van der Waals surface area contributed by atoms with E-state index < -0.39 is 5.91 Å². The number of carbonyl (C=O) groups is 2. The number of rotatable bonds is 7. The Morgan fingerprint density at radius 3 is 2.35 bits per heavy atom. The van der Waals surface area contributed by atoms with Crippen LogP contribution in [0.25, 0.3) is 0 Å². The van der Waals surface area contributed by atoms with E-state index in [0.717, 1.165) is 5.56 Å². The lowest BCUT2D eigenvalue weighted by Gasteiger charge is -2.11. The lowest BCUT2D eigenvalue weighted by molar-refractivity contribution is -0.120. The predicted octanol–water partition coefficient (Wildman–Crippen LogP) is 3.06. The summed E-state index contributed by atoms with van der Waals surface area (Å²) in [5, 5.41) is 5.88. The fourth-order valence-corrected chi connectivity index (χ4v) is 2.68. The molecular formula is C18H18Cl2N2O4. The molecule has 0 radical (unpaired) electrons. The highest BCUT2D eigenvalue weighted by Gasteiger charge is 2.12. The number of benzene rings is 2. The van der Waals surface area contributed by atoms with Crippen LogP contribution in [0.3, 0.4) is 0 Å². The van der Waals surface area contributed by atoms with Crippen LogP contribution in [-0.4, -0.2) is 32.6 Å². The van der Waals surface area contributed by atoms with Crippen molar-refractivity contribution in [3.8, 4) is 11.5 Å². The molecule has 0 atom stereocenters. The SMILES string of the molecule is COc1ccc(CNC(=O)CNC(=O)c2ccc(Cl)cc2Cl)cc1OC. The zero-order valence-corrected chi connectivity index (χ0v) is 15.8. The first kappa shape index (κ1) is 19.9. The topological polar surface area (TPSA) is 76.7 Å². The summed E-state index contributed by atoms with van der Waals surface area (Å²) >= 11 is 11.8. The summed E-state index contributed by atoms with van der Waals surface area (Å²) in [5.41, 5.74) is 1.09. The summed E-state index contributed by atoms with van der Waals surface area (Å²) in [6.45, 7) is 0.113. The van der Waals surface area contributed by atoms with Crippen LogP contribution in [0.2, 0.25) is 10.0 Å². The van der Waals surface area contributed by atoms with E-state index in [1.807, 2.05) is 6.07 Å². The highest BCUT2D eigenvalue weighted by Crippen LogP contribution is 2.27. The Morgan fingerprint density at radius 2 is 1.69 bits per heavy atom. The normalized spacial score (nSPS) is 10.2. The van der Waals surface area contributed by atoms with Crippen LogP contribution in [0, 0.1) is 0 Å². The molecule has 0 heterocycles.